The molecule has 0 heterocycles. The average molecular weight is 356 g/mol. The van der Waals surface area contributed by atoms with E-state index >= 15 is 0 Å². The summed E-state index contributed by atoms with van der Waals surface area (Å²) in [7, 11) is 0. The topological polar surface area (TPSA) is 0 Å². The molecule has 0 aliphatic heterocycles. The maximum absolute atomic E-state index is 14.2. The molecule has 0 N–H and O–H groups in total. The maximum atomic E-state index is 14.2. The number of aryl methyl sites for hydroxylation is 1. The van der Waals surface area contributed by atoms with E-state index in [1.165, 1.54) is 31.2 Å². The Balaban J connectivity index is 1.52. The molecule has 1 heteroatoms. The predicted octanol–water partition coefficient (Wildman–Crippen LogP) is 6.98. The van der Waals surface area contributed by atoms with Crippen LogP contribution in [-0.2, 0) is 0 Å². The van der Waals surface area contributed by atoms with Crippen molar-refractivity contribution >= 4 is 10.8 Å². The summed E-state index contributed by atoms with van der Waals surface area (Å²) in [5.74, 6) is 7.92. The highest BCUT2D eigenvalue weighted by molar-refractivity contribution is 5.85. The molecule has 0 amide bonds. The maximum Gasteiger partial charge on any atom is 0.133 e. The van der Waals surface area contributed by atoms with Gasteiger partial charge >= 0.3 is 0 Å². The minimum absolute atomic E-state index is 0.139. The molecule has 0 spiro atoms. The van der Waals surface area contributed by atoms with E-state index in [2.05, 4.69) is 43.0 Å². The van der Waals surface area contributed by atoms with Crippen LogP contribution in [0.5, 0.6) is 0 Å². The molecular weight excluding hydrogens is 331 g/mol. The quantitative estimate of drug-likeness (QED) is 0.413. The Bertz CT molecular complexity index is 1010. The first-order valence-corrected chi connectivity index (χ1v) is 9.91. The molecule has 0 atom stereocenters. The lowest BCUT2D eigenvalue weighted by molar-refractivity contribution is 0.348. The lowest BCUT2D eigenvalue weighted by Crippen LogP contribution is -2.10. The summed E-state index contributed by atoms with van der Waals surface area (Å²) in [6.07, 6.45) is 5.29. The van der Waals surface area contributed by atoms with E-state index in [0.29, 0.717) is 16.9 Å². The summed E-state index contributed by atoms with van der Waals surface area (Å²) in [5.41, 5.74) is 4.06. The van der Waals surface area contributed by atoms with E-state index in [9.17, 15) is 4.39 Å². The van der Waals surface area contributed by atoms with E-state index in [-0.39, 0.29) is 5.82 Å². The molecule has 136 valence electrons. The molecule has 1 aliphatic rings. The summed E-state index contributed by atoms with van der Waals surface area (Å²) in [5, 5.41) is 1.55. The van der Waals surface area contributed by atoms with Gasteiger partial charge in [0.05, 0.1) is 0 Å². The molecule has 0 saturated heterocycles. The van der Waals surface area contributed by atoms with Crippen LogP contribution in [0.2, 0.25) is 0 Å². The van der Waals surface area contributed by atoms with Gasteiger partial charge in [0.25, 0.3) is 0 Å². The van der Waals surface area contributed by atoms with E-state index in [1.807, 2.05) is 30.3 Å². The first-order valence-electron chi connectivity index (χ1n) is 9.91. The van der Waals surface area contributed by atoms with Crippen molar-refractivity contribution in [2.75, 3.05) is 0 Å². The van der Waals surface area contributed by atoms with Crippen molar-refractivity contribution in [3.05, 3.63) is 82.7 Å². The standard InChI is InChI=1S/C26H25F/c1-18-3-11-22(12-4-18)23-14-8-20(9-15-23)6-7-21-10-16-25-24(17-21)13-5-19(2)26(25)27/h5,8-10,13-18,22H,3-4,11-12H2,1-2H3. The fourth-order valence-electron chi connectivity index (χ4n) is 4.05. The lowest BCUT2D eigenvalue weighted by Gasteiger charge is -2.26. The molecule has 1 aliphatic carbocycles. The average Bonchev–Trinajstić information content (AvgIpc) is 2.70. The van der Waals surface area contributed by atoms with Crippen LogP contribution in [0.25, 0.3) is 10.8 Å². The Hall–Kier alpha value is -2.59. The molecule has 0 aromatic heterocycles. The Morgan fingerprint density at radius 2 is 1.48 bits per heavy atom. The summed E-state index contributed by atoms with van der Waals surface area (Å²) in [6.45, 7) is 4.15. The number of benzene rings is 3. The minimum atomic E-state index is -0.139. The molecule has 4 rings (SSSR count). The van der Waals surface area contributed by atoms with Crippen LogP contribution < -0.4 is 0 Å². The van der Waals surface area contributed by atoms with Crippen LogP contribution >= 0.6 is 0 Å². The molecule has 3 aromatic carbocycles. The molecule has 1 fully saturated rings. The zero-order valence-electron chi connectivity index (χ0n) is 16.1. The Kier molecular flexibility index (Phi) is 4.99. The van der Waals surface area contributed by atoms with Crippen LogP contribution in [0.4, 0.5) is 4.39 Å². The van der Waals surface area contributed by atoms with E-state index in [4.69, 9.17) is 0 Å². The van der Waals surface area contributed by atoms with E-state index < -0.39 is 0 Å². The molecule has 0 unspecified atom stereocenters. The first-order chi connectivity index (χ1) is 13.1. The van der Waals surface area contributed by atoms with Crippen molar-refractivity contribution in [1.82, 2.24) is 0 Å². The monoisotopic (exact) mass is 356 g/mol. The Labute approximate surface area is 161 Å². The van der Waals surface area contributed by atoms with Gasteiger partial charge in [-0.25, -0.2) is 4.39 Å². The zero-order chi connectivity index (χ0) is 18.8. The number of halogens is 1. The van der Waals surface area contributed by atoms with Gasteiger partial charge in [0, 0.05) is 16.5 Å². The van der Waals surface area contributed by atoms with Gasteiger partial charge in [0.1, 0.15) is 5.82 Å². The van der Waals surface area contributed by atoms with Crippen molar-refractivity contribution in [3.8, 4) is 11.8 Å². The summed E-state index contributed by atoms with van der Waals surface area (Å²) >= 11 is 0. The summed E-state index contributed by atoms with van der Waals surface area (Å²) < 4.78 is 14.2. The molecule has 0 nitrogen and oxygen atoms in total. The van der Waals surface area contributed by atoms with Crippen molar-refractivity contribution < 1.29 is 4.39 Å². The van der Waals surface area contributed by atoms with Gasteiger partial charge in [0.15, 0.2) is 0 Å². The summed E-state index contributed by atoms with van der Waals surface area (Å²) in [6, 6.07) is 18.2. The highest BCUT2D eigenvalue weighted by Crippen LogP contribution is 2.35. The van der Waals surface area contributed by atoms with Crippen molar-refractivity contribution in [1.29, 1.82) is 0 Å². The van der Waals surface area contributed by atoms with Gasteiger partial charge in [-0.15, -0.1) is 0 Å². The normalized spacial score (nSPS) is 19.5. The third-order valence-corrected chi connectivity index (χ3v) is 5.90. The number of rotatable bonds is 1. The van der Waals surface area contributed by atoms with Crippen LogP contribution in [0, 0.1) is 30.5 Å². The van der Waals surface area contributed by atoms with Crippen LogP contribution in [0.3, 0.4) is 0 Å². The number of hydrogen-bond acceptors (Lipinski definition) is 0. The first kappa shape index (κ1) is 17.8. The number of fused-ring (bicyclic) bond motifs is 1. The third-order valence-electron chi connectivity index (χ3n) is 5.90. The second-order valence-corrected chi connectivity index (χ2v) is 7.96. The van der Waals surface area contributed by atoms with Gasteiger partial charge < -0.3 is 0 Å². The van der Waals surface area contributed by atoms with Crippen molar-refractivity contribution in [2.24, 2.45) is 5.92 Å². The van der Waals surface area contributed by atoms with Gasteiger partial charge in [-0.1, -0.05) is 61.9 Å². The van der Waals surface area contributed by atoms with E-state index in [0.717, 1.165) is 22.4 Å². The van der Waals surface area contributed by atoms with Gasteiger partial charge in [-0.2, -0.15) is 0 Å². The van der Waals surface area contributed by atoms with Crippen LogP contribution in [0.15, 0.2) is 54.6 Å². The van der Waals surface area contributed by atoms with Crippen molar-refractivity contribution in [3.63, 3.8) is 0 Å². The Morgan fingerprint density at radius 3 is 2.22 bits per heavy atom. The lowest BCUT2D eigenvalue weighted by atomic mass is 9.79. The van der Waals surface area contributed by atoms with E-state index in [1.54, 1.807) is 6.92 Å². The van der Waals surface area contributed by atoms with Crippen LogP contribution in [0.1, 0.15) is 60.8 Å². The fourth-order valence-corrected chi connectivity index (χ4v) is 4.05. The molecule has 1 saturated carbocycles. The smallest absolute Gasteiger partial charge is 0.133 e. The predicted molar refractivity (Wildman–Crippen MR) is 111 cm³/mol. The molecule has 27 heavy (non-hydrogen) atoms. The highest BCUT2D eigenvalue weighted by Gasteiger charge is 2.19. The molecular formula is C26H25F. The Morgan fingerprint density at radius 1 is 0.815 bits per heavy atom. The third kappa shape index (κ3) is 3.91. The second kappa shape index (κ2) is 7.57. The second-order valence-electron chi connectivity index (χ2n) is 7.96. The SMILES string of the molecule is Cc1ccc2cc(C#Cc3ccc(C4CCC(C)CC4)cc3)ccc2c1F. The fraction of sp³-hybridized carbons (Fsp3) is 0.308. The highest BCUT2D eigenvalue weighted by atomic mass is 19.1. The van der Waals surface area contributed by atoms with Gasteiger partial charge in [-0.05, 0) is 72.4 Å². The van der Waals surface area contributed by atoms with Gasteiger partial charge in [0.2, 0.25) is 0 Å². The van der Waals surface area contributed by atoms with Crippen LogP contribution in [-0.4, -0.2) is 0 Å². The molecule has 0 radical (unpaired) electrons. The van der Waals surface area contributed by atoms with Crippen molar-refractivity contribution in [2.45, 2.75) is 45.4 Å². The van der Waals surface area contributed by atoms with Gasteiger partial charge in [-0.3, -0.25) is 0 Å². The minimum Gasteiger partial charge on any atom is -0.206 e. The summed E-state index contributed by atoms with van der Waals surface area (Å²) in [4.78, 5) is 0. The molecule has 0 bridgehead atoms. The number of hydrogen-bond donors (Lipinski definition) is 0. The molecule has 3 aromatic rings. The zero-order valence-corrected chi connectivity index (χ0v) is 16.1. The largest absolute Gasteiger partial charge is 0.206 e.